The molecular formula is C14H19N5O3. The lowest BCUT2D eigenvalue weighted by Crippen LogP contribution is -2.36. The average Bonchev–Trinajstić information content (AvgIpc) is 3.14. The molecule has 0 aliphatic carbocycles. The highest BCUT2D eigenvalue weighted by Crippen LogP contribution is 2.29. The van der Waals surface area contributed by atoms with Crippen LogP contribution in [0, 0.1) is 19.8 Å². The molecule has 1 fully saturated rings. The van der Waals surface area contributed by atoms with E-state index in [1.807, 2.05) is 6.92 Å². The van der Waals surface area contributed by atoms with Crippen LogP contribution in [-0.2, 0) is 4.74 Å². The molecule has 3 rings (SSSR count). The monoisotopic (exact) mass is 305 g/mol. The Morgan fingerprint density at radius 3 is 2.77 bits per heavy atom. The minimum Gasteiger partial charge on any atom is -0.381 e. The first-order valence-electron chi connectivity index (χ1n) is 7.34. The summed E-state index contributed by atoms with van der Waals surface area (Å²) in [5.74, 6) is 0.941. The number of nitrogens with zero attached hydrogens (tertiary/aromatic N) is 3. The Kier molecular flexibility index (Phi) is 4.19. The number of hydrogen-bond donors (Lipinski definition) is 2. The summed E-state index contributed by atoms with van der Waals surface area (Å²) in [5, 5.41) is 13.5. The van der Waals surface area contributed by atoms with Crippen molar-refractivity contribution in [3.05, 3.63) is 29.2 Å². The number of aromatic nitrogens is 4. The number of aromatic amines is 1. The van der Waals surface area contributed by atoms with Crippen molar-refractivity contribution >= 4 is 5.91 Å². The first kappa shape index (κ1) is 14.7. The maximum Gasteiger partial charge on any atom is 0.272 e. The average molecular weight is 305 g/mol. The van der Waals surface area contributed by atoms with Crippen LogP contribution in [0.3, 0.4) is 0 Å². The molecule has 0 spiro atoms. The summed E-state index contributed by atoms with van der Waals surface area (Å²) in [4.78, 5) is 16.7. The first-order chi connectivity index (χ1) is 10.6. The minimum absolute atomic E-state index is 0.206. The predicted molar refractivity (Wildman–Crippen MR) is 76.1 cm³/mol. The summed E-state index contributed by atoms with van der Waals surface area (Å²) in [6.07, 6.45) is 1.68. The van der Waals surface area contributed by atoms with Crippen LogP contribution in [0.2, 0.25) is 0 Å². The second-order valence-corrected chi connectivity index (χ2v) is 5.52. The number of carbonyl (C=O) groups excluding carboxylic acids is 1. The zero-order valence-corrected chi connectivity index (χ0v) is 12.6. The normalized spacial score (nSPS) is 17.4. The smallest absolute Gasteiger partial charge is 0.272 e. The lowest BCUT2D eigenvalue weighted by molar-refractivity contribution is 0.0467. The third kappa shape index (κ3) is 3.16. The van der Waals surface area contributed by atoms with E-state index in [9.17, 15) is 4.79 Å². The molecule has 1 atom stereocenters. The van der Waals surface area contributed by atoms with E-state index in [-0.39, 0.29) is 17.9 Å². The molecule has 118 valence electrons. The van der Waals surface area contributed by atoms with E-state index < -0.39 is 0 Å². The Hall–Kier alpha value is -2.22. The van der Waals surface area contributed by atoms with E-state index in [0.29, 0.717) is 30.6 Å². The maximum atomic E-state index is 12.4. The summed E-state index contributed by atoms with van der Waals surface area (Å²) in [6.45, 7) is 4.95. The molecule has 0 radical (unpaired) electrons. The lowest BCUT2D eigenvalue weighted by atomic mass is 9.91. The van der Waals surface area contributed by atoms with Gasteiger partial charge in [0, 0.05) is 18.9 Å². The zero-order chi connectivity index (χ0) is 15.5. The van der Waals surface area contributed by atoms with Gasteiger partial charge in [-0.25, -0.2) is 0 Å². The summed E-state index contributed by atoms with van der Waals surface area (Å²) in [5.41, 5.74) is 1.19. The molecule has 2 aromatic heterocycles. The highest BCUT2D eigenvalue weighted by Gasteiger charge is 2.31. The van der Waals surface area contributed by atoms with Crippen LogP contribution in [0.4, 0.5) is 0 Å². The highest BCUT2D eigenvalue weighted by atomic mass is 16.5. The van der Waals surface area contributed by atoms with Crippen molar-refractivity contribution in [1.82, 2.24) is 25.7 Å². The number of hydrogen-bond acceptors (Lipinski definition) is 6. The summed E-state index contributed by atoms with van der Waals surface area (Å²) < 4.78 is 10.7. The van der Waals surface area contributed by atoms with Crippen LogP contribution in [0.25, 0.3) is 0 Å². The second kappa shape index (κ2) is 6.27. The lowest BCUT2D eigenvalue weighted by Gasteiger charge is -2.28. The Morgan fingerprint density at radius 1 is 1.41 bits per heavy atom. The van der Waals surface area contributed by atoms with Gasteiger partial charge < -0.3 is 14.6 Å². The van der Waals surface area contributed by atoms with Gasteiger partial charge in [-0.2, -0.15) is 10.1 Å². The van der Waals surface area contributed by atoms with Crippen molar-refractivity contribution < 1.29 is 14.1 Å². The van der Waals surface area contributed by atoms with Crippen LogP contribution in [0.5, 0.6) is 0 Å². The number of amides is 1. The molecule has 1 aliphatic rings. The van der Waals surface area contributed by atoms with Crippen molar-refractivity contribution in [3.8, 4) is 0 Å². The highest BCUT2D eigenvalue weighted by molar-refractivity contribution is 5.92. The predicted octanol–water partition coefficient (Wildman–Crippen LogP) is 1.31. The van der Waals surface area contributed by atoms with E-state index in [1.165, 1.54) is 0 Å². The van der Waals surface area contributed by atoms with E-state index in [4.69, 9.17) is 9.26 Å². The fourth-order valence-electron chi connectivity index (χ4n) is 2.62. The fourth-order valence-corrected chi connectivity index (χ4v) is 2.62. The van der Waals surface area contributed by atoms with E-state index >= 15 is 0 Å². The molecule has 22 heavy (non-hydrogen) atoms. The third-order valence-electron chi connectivity index (χ3n) is 3.77. The molecule has 8 nitrogen and oxygen atoms in total. The van der Waals surface area contributed by atoms with Crippen molar-refractivity contribution in [2.24, 2.45) is 5.92 Å². The van der Waals surface area contributed by atoms with Gasteiger partial charge in [-0.15, -0.1) is 0 Å². The molecule has 1 aliphatic heterocycles. The molecule has 1 saturated heterocycles. The first-order valence-corrected chi connectivity index (χ1v) is 7.34. The molecule has 1 unspecified atom stereocenters. The van der Waals surface area contributed by atoms with E-state index in [2.05, 4.69) is 25.7 Å². The zero-order valence-electron chi connectivity index (χ0n) is 12.6. The van der Waals surface area contributed by atoms with Gasteiger partial charge in [0.2, 0.25) is 5.89 Å². The molecule has 0 aromatic carbocycles. The number of ether oxygens (including phenoxy) is 1. The van der Waals surface area contributed by atoms with Gasteiger partial charge in [-0.3, -0.25) is 9.89 Å². The van der Waals surface area contributed by atoms with E-state index in [1.54, 1.807) is 13.0 Å². The molecule has 8 heteroatoms. The second-order valence-electron chi connectivity index (χ2n) is 5.52. The van der Waals surface area contributed by atoms with Crippen LogP contribution < -0.4 is 5.32 Å². The van der Waals surface area contributed by atoms with Crippen LogP contribution in [-0.4, -0.2) is 39.5 Å². The quantitative estimate of drug-likeness (QED) is 0.882. The topological polar surface area (TPSA) is 106 Å². The van der Waals surface area contributed by atoms with Crippen LogP contribution >= 0.6 is 0 Å². The van der Waals surface area contributed by atoms with Gasteiger partial charge in [-0.05, 0) is 38.7 Å². The number of H-pyrrole nitrogens is 1. The van der Waals surface area contributed by atoms with Gasteiger partial charge in [0.1, 0.15) is 11.7 Å². The molecule has 1 amide bonds. The minimum atomic E-state index is -0.324. The van der Waals surface area contributed by atoms with Crippen molar-refractivity contribution in [2.75, 3.05) is 13.2 Å². The standard InChI is InChI=1S/C14H19N5O3/c1-8-7-11(18-17-8)13(20)16-12(10-3-5-21-6-4-10)14-15-9(2)19-22-14/h7,10,12H,3-6H2,1-2H3,(H,16,20)(H,17,18). The molecule has 2 aromatic rings. The molecular weight excluding hydrogens is 286 g/mol. The number of nitrogens with one attached hydrogen (secondary N) is 2. The largest absolute Gasteiger partial charge is 0.381 e. The number of aryl methyl sites for hydroxylation is 2. The Bertz CT molecular complexity index is 644. The van der Waals surface area contributed by atoms with Gasteiger partial charge >= 0.3 is 0 Å². The van der Waals surface area contributed by atoms with Gasteiger partial charge in [-0.1, -0.05) is 5.16 Å². The van der Waals surface area contributed by atoms with E-state index in [0.717, 1.165) is 18.5 Å². The molecule has 2 N–H and O–H groups in total. The van der Waals surface area contributed by atoms with Crippen LogP contribution in [0.1, 0.15) is 46.8 Å². The number of rotatable bonds is 4. The summed E-state index contributed by atoms with van der Waals surface area (Å²) in [6, 6.07) is 1.38. The number of carbonyl (C=O) groups is 1. The van der Waals surface area contributed by atoms with Gasteiger partial charge in [0.15, 0.2) is 5.82 Å². The van der Waals surface area contributed by atoms with Crippen LogP contribution in [0.15, 0.2) is 10.6 Å². The Balaban J connectivity index is 1.80. The van der Waals surface area contributed by atoms with Crippen molar-refractivity contribution in [1.29, 1.82) is 0 Å². The van der Waals surface area contributed by atoms with Crippen molar-refractivity contribution in [3.63, 3.8) is 0 Å². The van der Waals surface area contributed by atoms with Gasteiger partial charge in [0.05, 0.1) is 0 Å². The molecule has 0 bridgehead atoms. The third-order valence-corrected chi connectivity index (χ3v) is 3.77. The van der Waals surface area contributed by atoms with Crippen molar-refractivity contribution in [2.45, 2.75) is 32.7 Å². The summed E-state index contributed by atoms with van der Waals surface area (Å²) in [7, 11) is 0. The molecule has 3 heterocycles. The Labute approximate surface area is 127 Å². The fraction of sp³-hybridized carbons (Fsp3) is 0.571. The molecule has 0 saturated carbocycles. The summed E-state index contributed by atoms with van der Waals surface area (Å²) >= 11 is 0. The van der Waals surface area contributed by atoms with Gasteiger partial charge in [0.25, 0.3) is 5.91 Å². The maximum absolute atomic E-state index is 12.4. The SMILES string of the molecule is Cc1noc(C(NC(=O)c2cc(C)[nH]n2)C2CCOCC2)n1. The Morgan fingerprint density at radius 2 is 2.18 bits per heavy atom.